The number of nitrogens with one attached hydrogen (secondary N) is 2. The van der Waals surface area contributed by atoms with Crippen LogP contribution in [0.5, 0.6) is 0 Å². The van der Waals surface area contributed by atoms with E-state index in [2.05, 4.69) is 20.4 Å². The molecule has 1 aromatic carbocycles. The number of likely N-dealkylation sites (tertiary alicyclic amines) is 2. The average Bonchev–Trinajstić information content (AvgIpc) is 3.36. The summed E-state index contributed by atoms with van der Waals surface area (Å²) < 4.78 is 0. The SMILES string of the molecule is Cc1ccc(NC(=O)CCN2CC3CN(C(=O)c4c(C)n[nH]c4C)CC3C2)cc1Cl. The summed E-state index contributed by atoms with van der Waals surface area (Å²) in [4.78, 5) is 29.5. The van der Waals surface area contributed by atoms with E-state index in [9.17, 15) is 9.59 Å². The summed E-state index contributed by atoms with van der Waals surface area (Å²) in [5, 5.41) is 10.6. The van der Waals surface area contributed by atoms with Gasteiger partial charge in [0.2, 0.25) is 5.91 Å². The van der Waals surface area contributed by atoms with Gasteiger partial charge in [-0.1, -0.05) is 17.7 Å². The number of amides is 2. The first-order valence-corrected chi connectivity index (χ1v) is 10.8. The van der Waals surface area contributed by atoms with Crippen molar-refractivity contribution in [2.75, 3.05) is 38.0 Å². The number of hydrogen-bond acceptors (Lipinski definition) is 4. The number of aromatic nitrogens is 2. The molecule has 2 atom stereocenters. The van der Waals surface area contributed by atoms with Gasteiger partial charge in [-0.15, -0.1) is 0 Å². The van der Waals surface area contributed by atoms with Crippen molar-refractivity contribution in [1.82, 2.24) is 20.0 Å². The van der Waals surface area contributed by atoms with Crippen LogP contribution in [-0.2, 0) is 4.79 Å². The van der Waals surface area contributed by atoms with E-state index in [-0.39, 0.29) is 11.8 Å². The molecule has 0 radical (unpaired) electrons. The number of halogens is 1. The van der Waals surface area contributed by atoms with Gasteiger partial charge in [0.25, 0.3) is 5.91 Å². The standard InChI is InChI=1S/C22H28ClN5O2/c1-13-4-5-18(8-19(13)23)24-20(29)6-7-27-9-16-11-28(12-17(16)10-27)22(30)21-14(2)25-26-15(21)3/h4-5,8,16-17H,6-7,9-12H2,1-3H3,(H,24,29)(H,25,26). The van der Waals surface area contributed by atoms with Crippen molar-refractivity contribution in [3.8, 4) is 0 Å². The Morgan fingerprint density at radius 1 is 1.17 bits per heavy atom. The zero-order valence-corrected chi connectivity index (χ0v) is 18.4. The van der Waals surface area contributed by atoms with Crippen molar-refractivity contribution in [3.63, 3.8) is 0 Å². The van der Waals surface area contributed by atoms with E-state index in [0.717, 1.165) is 55.4 Å². The van der Waals surface area contributed by atoms with Crippen LogP contribution >= 0.6 is 11.6 Å². The van der Waals surface area contributed by atoms with Gasteiger partial charge >= 0.3 is 0 Å². The Bertz CT molecular complexity index is 939. The van der Waals surface area contributed by atoms with Gasteiger partial charge in [-0.3, -0.25) is 14.7 Å². The quantitative estimate of drug-likeness (QED) is 0.765. The van der Waals surface area contributed by atoms with E-state index in [0.29, 0.717) is 28.8 Å². The zero-order valence-electron chi connectivity index (χ0n) is 17.7. The largest absolute Gasteiger partial charge is 0.338 e. The molecule has 0 aliphatic carbocycles. The molecule has 7 nitrogen and oxygen atoms in total. The van der Waals surface area contributed by atoms with Crippen LogP contribution < -0.4 is 5.32 Å². The lowest BCUT2D eigenvalue weighted by Crippen LogP contribution is -2.34. The second-order valence-corrected chi connectivity index (χ2v) is 8.97. The van der Waals surface area contributed by atoms with Crippen LogP contribution in [0.25, 0.3) is 0 Å². The molecule has 2 amide bonds. The highest BCUT2D eigenvalue weighted by atomic mass is 35.5. The molecule has 4 rings (SSSR count). The highest BCUT2D eigenvalue weighted by Gasteiger charge is 2.42. The van der Waals surface area contributed by atoms with Crippen LogP contribution in [-0.4, -0.2) is 64.5 Å². The number of benzene rings is 1. The maximum absolute atomic E-state index is 12.9. The number of aromatic amines is 1. The molecule has 2 aromatic rings. The summed E-state index contributed by atoms with van der Waals surface area (Å²) in [5.74, 6) is 1.02. The minimum Gasteiger partial charge on any atom is -0.338 e. The molecule has 2 saturated heterocycles. The van der Waals surface area contributed by atoms with E-state index in [1.165, 1.54) is 0 Å². The van der Waals surface area contributed by atoms with Gasteiger partial charge in [-0.05, 0) is 50.3 Å². The summed E-state index contributed by atoms with van der Waals surface area (Å²) in [5.41, 5.74) is 4.02. The fourth-order valence-electron chi connectivity index (χ4n) is 4.62. The highest BCUT2D eigenvalue weighted by molar-refractivity contribution is 6.31. The molecule has 1 aromatic heterocycles. The molecule has 0 saturated carbocycles. The third-order valence-corrected chi connectivity index (χ3v) is 6.71. The Balaban J connectivity index is 1.25. The number of fused-ring (bicyclic) bond motifs is 1. The number of H-pyrrole nitrogens is 1. The van der Waals surface area contributed by atoms with Crippen LogP contribution in [0, 0.1) is 32.6 Å². The molecule has 0 bridgehead atoms. The molecule has 2 aliphatic rings. The lowest BCUT2D eigenvalue weighted by Gasteiger charge is -2.21. The zero-order chi connectivity index (χ0) is 21.4. The highest BCUT2D eigenvalue weighted by Crippen LogP contribution is 2.32. The van der Waals surface area contributed by atoms with E-state index < -0.39 is 0 Å². The van der Waals surface area contributed by atoms with Crippen LogP contribution in [0.2, 0.25) is 5.02 Å². The molecule has 2 N–H and O–H groups in total. The second-order valence-electron chi connectivity index (χ2n) is 8.56. The Hall–Kier alpha value is -2.38. The fraction of sp³-hybridized carbons (Fsp3) is 0.500. The first-order valence-electron chi connectivity index (χ1n) is 10.4. The van der Waals surface area contributed by atoms with Crippen molar-refractivity contribution in [2.24, 2.45) is 11.8 Å². The lowest BCUT2D eigenvalue weighted by atomic mass is 10.0. The van der Waals surface area contributed by atoms with E-state index in [1.807, 2.05) is 37.8 Å². The summed E-state index contributed by atoms with van der Waals surface area (Å²) in [6.07, 6.45) is 0.445. The third-order valence-electron chi connectivity index (χ3n) is 6.30. The summed E-state index contributed by atoms with van der Waals surface area (Å²) in [7, 11) is 0. The average molecular weight is 430 g/mol. The first kappa shape index (κ1) is 20.9. The van der Waals surface area contributed by atoms with E-state index >= 15 is 0 Å². The maximum Gasteiger partial charge on any atom is 0.257 e. The molecule has 30 heavy (non-hydrogen) atoms. The number of carbonyl (C=O) groups excluding carboxylic acids is 2. The predicted molar refractivity (Wildman–Crippen MR) is 117 cm³/mol. The molecule has 160 valence electrons. The Labute approximate surface area is 181 Å². The van der Waals surface area contributed by atoms with E-state index in [1.54, 1.807) is 6.07 Å². The van der Waals surface area contributed by atoms with Crippen molar-refractivity contribution in [1.29, 1.82) is 0 Å². The monoisotopic (exact) mass is 429 g/mol. The summed E-state index contributed by atoms with van der Waals surface area (Å²) in [6.45, 7) is 9.84. The maximum atomic E-state index is 12.9. The Morgan fingerprint density at radius 2 is 1.87 bits per heavy atom. The molecule has 2 unspecified atom stereocenters. The number of rotatable bonds is 5. The normalized spacial score (nSPS) is 21.1. The van der Waals surface area contributed by atoms with E-state index in [4.69, 9.17) is 11.6 Å². The van der Waals surface area contributed by atoms with Crippen LogP contribution in [0.4, 0.5) is 5.69 Å². The first-order chi connectivity index (χ1) is 14.3. The van der Waals surface area contributed by atoms with Crippen molar-refractivity contribution < 1.29 is 9.59 Å². The molecule has 2 aliphatic heterocycles. The van der Waals surface area contributed by atoms with Crippen molar-refractivity contribution >= 4 is 29.1 Å². The molecular weight excluding hydrogens is 402 g/mol. The third kappa shape index (κ3) is 4.23. The van der Waals surface area contributed by atoms with Gasteiger partial charge in [0, 0.05) is 55.5 Å². The van der Waals surface area contributed by atoms with Crippen molar-refractivity contribution in [3.05, 3.63) is 45.7 Å². The molecule has 3 heterocycles. The number of anilines is 1. The Morgan fingerprint density at radius 3 is 2.47 bits per heavy atom. The van der Waals surface area contributed by atoms with Crippen LogP contribution in [0.1, 0.15) is 33.7 Å². The number of aryl methyl sites for hydroxylation is 3. The minimum absolute atomic E-state index is 0.00492. The number of carbonyl (C=O) groups is 2. The van der Waals surface area contributed by atoms with Crippen molar-refractivity contribution in [2.45, 2.75) is 27.2 Å². The summed E-state index contributed by atoms with van der Waals surface area (Å²) in [6, 6.07) is 5.55. The number of hydrogen-bond donors (Lipinski definition) is 2. The van der Waals surface area contributed by atoms with Crippen LogP contribution in [0.15, 0.2) is 18.2 Å². The minimum atomic E-state index is -0.00492. The molecule has 0 spiro atoms. The Kier molecular flexibility index (Phi) is 5.84. The topological polar surface area (TPSA) is 81.3 Å². The second kappa shape index (κ2) is 8.40. The molecule has 2 fully saturated rings. The predicted octanol–water partition coefficient (Wildman–Crippen LogP) is 3.02. The van der Waals surface area contributed by atoms with Gasteiger partial charge in [0.15, 0.2) is 0 Å². The number of nitrogens with zero attached hydrogens (tertiary/aromatic N) is 3. The molecular formula is C22H28ClN5O2. The van der Waals surface area contributed by atoms with Gasteiger partial charge < -0.3 is 15.1 Å². The van der Waals surface area contributed by atoms with Gasteiger partial charge in [0.05, 0.1) is 11.3 Å². The van der Waals surface area contributed by atoms with Crippen LogP contribution in [0.3, 0.4) is 0 Å². The van der Waals surface area contributed by atoms with Gasteiger partial charge in [0.1, 0.15) is 0 Å². The lowest BCUT2D eigenvalue weighted by molar-refractivity contribution is -0.116. The smallest absolute Gasteiger partial charge is 0.257 e. The van der Waals surface area contributed by atoms with Gasteiger partial charge in [-0.2, -0.15) is 5.10 Å². The summed E-state index contributed by atoms with van der Waals surface area (Å²) >= 11 is 6.12. The molecule has 8 heteroatoms. The fourth-order valence-corrected chi connectivity index (χ4v) is 4.80. The van der Waals surface area contributed by atoms with Gasteiger partial charge in [-0.25, -0.2) is 0 Å².